The van der Waals surface area contributed by atoms with Crippen LogP contribution in [0.4, 0.5) is 0 Å². The van der Waals surface area contributed by atoms with E-state index >= 15 is 0 Å². The molecule has 0 radical (unpaired) electrons. The normalized spacial score (nSPS) is 12.5. The zero-order valence-corrected chi connectivity index (χ0v) is 12.5. The summed E-state index contributed by atoms with van der Waals surface area (Å²) in [5.74, 6) is 0. The Labute approximate surface area is 125 Å². The number of fused-ring (bicyclic) bond motifs is 1. The van der Waals surface area contributed by atoms with Crippen LogP contribution in [0.25, 0.3) is 21.9 Å². The van der Waals surface area contributed by atoms with Crippen molar-refractivity contribution in [2.45, 2.75) is 19.4 Å². The minimum Gasteiger partial charge on any atom is -0.313 e. The highest BCUT2D eigenvalue weighted by atomic mass is 14.9. The average molecular weight is 276 g/mol. The third-order valence-electron chi connectivity index (χ3n) is 4.06. The highest BCUT2D eigenvalue weighted by Gasteiger charge is 2.07. The first kappa shape index (κ1) is 13.8. The molecule has 1 aromatic heterocycles. The first-order valence-electron chi connectivity index (χ1n) is 7.44. The lowest BCUT2D eigenvalue weighted by Gasteiger charge is -2.15. The maximum absolute atomic E-state index is 4.20. The number of pyridine rings is 1. The average Bonchev–Trinajstić information content (AvgIpc) is 2.56. The van der Waals surface area contributed by atoms with Gasteiger partial charge in [-0.25, -0.2) is 0 Å². The van der Waals surface area contributed by atoms with E-state index in [0.29, 0.717) is 6.04 Å². The SMILES string of the molecule is CCC(NC)c1ccc(-c2cccc3cnccc23)cc1. The first-order chi connectivity index (χ1) is 10.3. The standard InChI is InChI=1S/C19H20N2/c1-3-19(20-2)15-9-7-14(8-10-15)17-6-4-5-16-13-21-12-11-18(16)17/h4-13,19-20H,3H2,1-2H3. The molecular formula is C19H20N2. The summed E-state index contributed by atoms with van der Waals surface area (Å²) < 4.78 is 0. The van der Waals surface area contributed by atoms with Crippen LogP contribution in [0.2, 0.25) is 0 Å². The van der Waals surface area contributed by atoms with Gasteiger partial charge in [0.25, 0.3) is 0 Å². The summed E-state index contributed by atoms with van der Waals surface area (Å²) in [4.78, 5) is 4.20. The number of hydrogen-bond acceptors (Lipinski definition) is 2. The van der Waals surface area contributed by atoms with E-state index in [-0.39, 0.29) is 0 Å². The van der Waals surface area contributed by atoms with Crippen LogP contribution >= 0.6 is 0 Å². The van der Waals surface area contributed by atoms with Crippen LogP contribution in [0.15, 0.2) is 60.9 Å². The van der Waals surface area contributed by atoms with Crippen molar-refractivity contribution in [1.82, 2.24) is 10.3 Å². The second kappa shape index (κ2) is 6.06. The van der Waals surface area contributed by atoms with Crippen molar-refractivity contribution in [2.75, 3.05) is 7.05 Å². The van der Waals surface area contributed by atoms with E-state index in [1.807, 2.05) is 19.4 Å². The van der Waals surface area contributed by atoms with Crippen LogP contribution in [0.3, 0.4) is 0 Å². The van der Waals surface area contributed by atoms with Crippen molar-refractivity contribution in [1.29, 1.82) is 0 Å². The zero-order chi connectivity index (χ0) is 14.7. The molecule has 1 unspecified atom stereocenters. The molecule has 2 aromatic carbocycles. The summed E-state index contributed by atoms with van der Waals surface area (Å²) in [6.07, 6.45) is 4.87. The molecular weight excluding hydrogens is 256 g/mol. The molecule has 0 saturated heterocycles. The number of hydrogen-bond donors (Lipinski definition) is 1. The van der Waals surface area contributed by atoms with Crippen molar-refractivity contribution in [3.05, 3.63) is 66.5 Å². The number of nitrogens with zero attached hydrogens (tertiary/aromatic N) is 1. The summed E-state index contributed by atoms with van der Waals surface area (Å²) in [5.41, 5.74) is 3.85. The molecule has 1 N–H and O–H groups in total. The monoisotopic (exact) mass is 276 g/mol. The zero-order valence-electron chi connectivity index (χ0n) is 12.5. The van der Waals surface area contributed by atoms with Crippen LogP contribution in [0.1, 0.15) is 24.9 Å². The summed E-state index contributed by atoms with van der Waals surface area (Å²) in [6, 6.07) is 17.8. The van der Waals surface area contributed by atoms with Gasteiger partial charge in [-0.1, -0.05) is 49.4 Å². The second-order valence-corrected chi connectivity index (χ2v) is 5.27. The molecule has 2 heteroatoms. The molecule has 1 atom stereocenters. The van der Waals surface area contributed by atoms with E-state index in [0.717, 1.165) is 6.42 Å². The molecule has 106 valence electrons. The van der Waals surface area contributed by atoms with E-state index in [2.05, 4.69) is 65.8 Å². The van der Waals surface area contributed by atoms with Gasteiger partial charge >= 0.3 is 0 Å². The van der Waals surface area contributed by atoms with E-state index in [1.165, 1.54) is 27.5 Å². The van der Waals surface area contributed by atoms with Crippen molar-refractivity contribution < 1.29 is 0 Å². The van der Waals surface area contributed by atoms with Gasteiger partial charge in [0, 0.05) is 23.8 Å². The smallest absolute Gasteiger partial charge is 0.0346 e. The summed E-state index contributed by atoms with van der Waals surface area (Å²) in [5, 5.41) is 5.78. The van der Waals surface area contributed by atoms with Crippen LogP contribution in [0, 0.1) is 0 Å². The highest BCUT2D eigenvalue weighted by molar-refractivity contribution is 5.96. The molecule has 3 rings (SSSR count). The van der Waals surface area contributed by atoms with Crippen molar-refractivity contribution >= 4 is 10.8 Å². The Morgan fingerprint density at radius 1 is 1.05 bits per heavy atom. The van der Waals surface area contributed by atoms with Gasteiger partial charge in [0.05, 0.1) is 0 Å². The predicted molar refractivity (Wildman–Crippen MR) is 89.3 cm³/mol. The largest absolute Gasteiger partial charge is 0.313 e. The second-order valence-electron chi connectivity index (χ2n) is 5.27. The van der Waals surface area contributed by atoms with Crippen molar-refractivity contribution in [3.8, 4) is 11.1 Å². The molecule has 0 fully saturated rings. The topological polar surface area (TPSA) is 24.9 Å². The molecule has 0 aliphatic carbocycles. The molecule has 3 aromatic rings. The quantitative estimate of drug-likeness (QED) is 0.755. The van der Waals surface area contributed by atoms with Gasteiger partial charge in [-0.3, -0.25) is 4.98 Å². The number of nitrogens with one attached hydrogen (secondary N) is 1. The van der Waals surface area contributed by atoms with Crippen molar-refractivity contribution in [3.63, 3.8) is 0 Å². The Kier molecular flexibility index (Phi) is 3.98. The first-order valence-corrected chi connectivity index (χ1v) is 7.44. The maximum Gasteiger partial charge on any atom is 0.0346 e. The molecule has 0 aliphatic rings. The van der Waals surface area contributed by atoms with Gasteiger partial charge in [-0.2, -0.15) is 0 Å². The Morgan fingerprint density at radius 3 is 2.57 bits per heavy atom. The molecule has 2 nitrogen and oxygen atoms in total. The lowest BCUT2D eigenvalue weighted by molar-refractivity contribution is 0.577. The predicted octanol–water partition coefficient (Wildman–Crippen LogP) is 4.57. The Bertz CT molecular complexity index is 723. The fourth-order valence-electron chi connectivity index (χ4n) is 2.88. The van der Waals surface area contributed by atoms with Gasteiger partial charge in [-0.15, -0.1) is 0 Å². The lowest BCUT2D eigenvalue weighted by atomic mass is 9.96. The summed E-state index contributed by atoms with van der Waals surface area (Å²) in [6.45, 7) is 2.20. The summed E-state index contributed by atoms with van der Waals surface area (Å²) in [7, 11) is 2.01. The summed E-state index contributed by atoms with van der Waals surface area (Å²) >= 11 is 0. The minimum absolute atomic E-state index is 0.427. The fourth-order valence-corrected chi connectivity index (χ4v) is 2.88. The molecule has 1 heterocycles. The van der Waals surface area contributed by atoms with E-state index in [9.17, 15) is 0 Å². The van der Waals surface area contributed by atoms with E-state index in [1.54, 1.807) is 0 Å². The third kappa shape index (κ3) is 2.67. The fraction of sp³-hybridized carbons (Fsp3) is 0.211. The van der Waals surface area contributed by atoms with E-state index < -0.39 is 0 Å². The minimum atomic E-state index is 0.427. The van der Waals surface area contributed by atoms with Crippen molar-refractivity contribution in [2.24, 2.45) is 0 Å². The van der Waals surface area contributed by atoms with Crippen LogP contribution in [-0.4, -0.2) is 12.0 Å². The molecule has 0 aliphatic heterocycles. The van der Waals surface area contributed by atoms with Gasteiger partial charge in [-0.05, 0) is 41.6 Å². The number of aromatic nitrogens is 1. The molecule has 0 amide bonds. The van der Waals surface area contributed by atoms with Gasteiger partial charge in [0.2, 0.25) is 0 Å². The van der Waals surface area contributed by atoms with Crippen LogP contribution < -0.4 is 5.32 Å². The number of benzene rings is 2. The highest BCUT2D eigenvalue weighted by Crippen LogP contribution is 2.29. The molecule has 0 spiro atoms. The Hall–Kier alpha value is -2.19. The Morgan fingerprint density at radius 2 is 1.86 bits per heavy atom. The molecule has 21 heavy (non-hydrogen) atoms. The maximum atomic E-state index is 4.20. The van der Waals surface area contributed by atoms with Crippen LogP contribution in [0.5, 0.6) is 0 Å². The van der Waals surface area contributed by atoms with Crippen LogP contribution in [-0.2, 0) is 0 Å². The van der Waals surface area contributed by atoms with Gasteiger partial charge < -0.3 is 5.32 Å². The molecule has 0 saturated carbocycles. The number of rotatable bonds is 4. The van der Waals surface area contributed by atoms with Gasteiger partial charge in [0.1, 0.15) is 0 Å². The van der Waals surface area contributed by atoms with E-state index in [4.69, 9.17) is 0 Å². The third-order valence-corrected chi connectivity index (χ3v) is 4.06. The molecule has 0 bridgehead atoms. The lowest BCUT2D eigenvalue weighted by Crippen LogP contribution is -2.14. The van der Waals surface area contributed by atoms with Gasteiger partial charge in [0.15, 0.2) is 0 Å². The Balaban J connectivity index is 2.03.